The summed E-state index contributed by atoms with van der Waals surface area (Å²) in [4.78, 5) is 29.3. The van der Waals surface area contributed by atoms with Crippen molar-refractivity contribution in [3.63, 3.8) is 0 Å². The van der Waals surface area contributed by atoms with E-state index < -0.39 is 0 Å². The maximum atomic E-state index is 13.0. The molecule has 0 saturated heterocycles. The average molecular weight is 515 g/mol. The molecule has 3 heterocycles. The molecule has 0 radical (unpaired) electrons. The first kappa shape index (κ1) is 25.5. The highest BCUT2D eigenvalue weighted by Gasteiger charge is 2.29. The third-order valence-electron chi connectivity index (χ3n) is 7.27. The number of anilines is 1. The van der Waals surface area contributed by atoms with Crippen molar-refractivity contribution >= 4 is 23.1 Å². The minimum atomic E-state index is -0.131. The van der Waals surface area contributed by atoms with Gasteiger partial charge in [-0.1, -0.05) is 23.4 Å². The molecule has 2 aliphatic rings. The van der Waals surface area contributed by atoms with Crippen molar-refractivity contribution in [2.45, 2.75) is 32.2 Å². The van der Waals surface area contributed by atoms with Gasteiger partial charge in [-0.3, -0.25) is 14.3 Å². The maximum absolute atomic E-state index is 13.0. The lowest BCUT2D eigenvalue weighted by atomic mass is 9.85. The van der Waals surface area contributed by atoms with Crippen LogP contribution in [0.25, 0.3) is 16.7 Å². The van der Waals surface area contributed by atoms with Gasteiger partial charge >= 0.3 is 0 Å². The van der Waals surface area contributed by atoms with Crippen LogP contribution >= 0.6 is 0 Å². The monoisotopic (exact) mass is 514 g/mol. The summed E-state index contributed by atoms with van der Waals surface area (Å²) in [5, 5.41) is 11.3. The molecule has 0 fully saturated rings. The highest BCUT2D eigenvalue weighted by atomic mass is 16.5. The molecule has 0 spiro atoms. The van der Waals surface area contributed by atoms with Crippen molar-refractivity contribution in [1.29, 1.82) is 0 Å². The third kappa shape index (κ3) is 5.27. The van der Waals surface area contributed by atoms with Crippen molar-refractivity contribution in [3.05, 3.63) is 66.1 Å². The molecule has 9 nitrogen and oxygen atoms in total. The first-order chi connectivity index (χ1) is 18.4. The van der Waals surface area contributed by atoms with Crippen LogP contribution in [0.3, 0.4) is 0 Å². The molecule has 0 saturated carbocycles. The Labute approximate surface area is 223 Å². The van der Waals surface area contributed by atoms with E-state index in [-0.39, 0.29) is 17.7 Å². The number of benzene rings is 2. The number of amides is 2. The second kappa shape index (κ2) is 11.1. The predicted octanol–water partition coefficient (Wildman–Crippen LogP) is 3.68. The SMILES string of the molecule is COc1ccccc1-c1cc(C2=CN(C(=O)CCn3ccnn3)CCC2)cc2c1NCC(C(=O)N(C)C)C2. The molecule has 0 aliphatic carbocycles. The number of ether oxygens (including phenoxy) is 1. The van der Waals surface area contributed by atoms with Crippen LogP contribution in [0, 0.1) is 5.92 Å². The zero-order chi connectivity index (χ0) is 26.6. The smallest absolute Gasteiger partial charge is 0.228 e. The van der Waals surface area contributed by atoms with Gasteiger partial charge in [0.25, 0.3) is 0 Å². The summed E-state index contributed by atoms with van der Waals surface area (Å²) in [6, 6.07) is 12.4. The summed E-state index contributed by atoms with van der Waals surface area (Å²) in [6.45, 7) is 1.79. The third-order valence-corrected chi connectivity index (χ3v) is 7.27. The van der Waals surface area contributed by atoms with Crippen molar-refractivity contribution in [3.8, 4) is 16.9 Å². The van der Waals surface area contributed by atoms with Crippen LogP contribution in [-0.4, -0.2) is 70.9 Å². The van der Waals surface area contributed by atoms with E-state index in [4.69, 9.17) is 4.74 Å². The van der Waals surface area contributed by atoms with Crippen molar-refractivity contribution in [2.75, 3.05) is 39.6 Å². The van der Waals surface area contributed by atoms with Gasteiger partial charge in [-0.25, -0.2) is 0 Å². The number of aromatic nitrogens is 3. The molecule has 198 valence electrons. The van der Waals surface area contributed by atoms with E-state index in [0.717, 1.165) is 52.1 Å². The lowest BCUT2D eigenvalue weighted by Crippen LogP contribution is -2.37. The number of methoxy groups -OCH3 is 1. The Kier molecular flexibility index (Phi) is 7.44. The second-order valence-corrected chi connectivity index (χ2v) is 10.0. The standard InChI is InChI=1S/C29H34N6O3/c1-33(2)29(37)23-16-22-15-21(17-25(28(22)30-18-23)24-8-4-5-9-26(24)38-3)20-7-6-12-34(19-20)27(36)10-13-35-14-11-31-32-35/h4-5,8-9,11,14-15,17,19,23,30H,6-7,10,12-13,16,18H2,1-3H3. The van der Waals surface area contributed by atoms with E-state index in [0.29, 0.717) is 32.5 Å². The van der Waals surface area contributed by atoms with E-state index in [1.54, 1.807) is 43.2 Å². The minimum Gasteiger partial charge on any atom is -0.496 e. The Morgan fingerprint density at radius 3 is 2.79 bits per heavy atom. The van der Waals surface area contributed by atoms with Gasteiger partial charge in [0.15, 0.2) is 0 Å². The Balaban J connectivity index is 1.51. The molecule has 2 aromatic carbocycles. The first-order valence-corrected chi connectivity index (χ1v) is 13.0. The van der Waals surface area contributed by atoms with Gasteiger partial charge in [0.2, 0.25) is 11.8 Å². The molecule has 1 N–H and O–H groups in total. The molecule has 2 amide bonds. The van der Waals surface area contributed by atoms with Crippen molar-refractivity contribution in [2.24, 2.45) is 5.92 Å². The van der Waals surface area contributed by atoms with Gasteiger partial charge in [-0.15, -0.1) is 5.10 Å². The van der Waals surface area contributed by atoms with Crippen LogP contribution < -0.4 is 10.1 Å². The van der Waals surface area contributed by atoms with Crippen LogP contribution in [0.5, 0.6) is 5.75 Å². The van der Waals surface area contributed by atoms with Crippen LogP contribution in [0.4, 0.5) is 5.69 Å². The summed E-state index contributed by atoms with van der Waals surface area (Å²) >= 11 is 0. The maximum Gasteiger partial charge on any atom is 0.228 e. The van der Waals surface area contributed by atoms with Gasteiger partial charge in [0.05, 0.1) is 25.8 Å². The largest absolute Gasteiger partial charge is 0.496 e. The molecule has 1 unspecified atom stereocenters. The average Bonchev–Trinajstić information content (AvgIpc) is 3.48. The van der Waals surface area contributed by atoms with Crippen LogP contribution in [0.1, 0.15) is 30.4 Å². The summed E-state index contributed by atoms with van der Waals surface area (Å²) < 4.78 is 7.38. The lowest BCUT2D eigenvalue weighted by molar-refractivity contribution is -0.132. The summed E-state index contributed by atoms with van der Waals surface area (Å²) in [5.41, 5.74) is 6.36. The van der Waals surface area contributed by atoms with E-state index in [1.807, 2.05) is 29.3 Å². The number of allylic oxidation sites excluding steroid dienone is 1. The molecule has 0 bridgehead atoms. The normalized spacial score (nSPS) is 16.8. The molecule has 2 aliphatic heterocycles. The fraction of sp³-hybridized carbons (Fsp3) is 0.379. The fourth-order valence-corrected chi connectivity index (χ4v) is 5.32. The Bertz CT molecular complexity index is 1350. The van der Waals surface area contributed by atoms with E-state index in [9.17, 15) is 9.59 Å². The number of hydrogen-bond acceptors (Lipinski definition) is 6. The quantitative estimate of drug-likeness (QED) is 0.517. The molecular formula is C29H34N6O3. The Morgan fingerprint density at radius 1 is 1.18 bits per heavy atom. The minimum absolute atomic E-state index is 0.0684. The van der Waals surface area contributed by atoms with Crippen LogP contribution in [-0.2, 0) is 22.6 Å². The number of fused-ring (bicyclic) bond motifs is 1. The van der Waals surface area contributed by atoms with Gasteiger partial charge in [0.1, 0.15) is 5.75 Å². The number of nitrogens with zero attached hydrogens (tertiary/aromatic N) is 5. The number of para-hydroxylation sites is 1. The second-order valence-electron chi connectivity index (χ2n) is 10.0. The molecular weight excluding hydrogens is 480 g/mol. The molecule has 1 aromatic heterocycles. The predicted molar refractivity (Wildman–Crippen MR) is 146 cm³/mol. The zero-order valence-electron chi connectivity index (χ0n) is 22.2. The number of nitrogens with one attached hydrogen (secondary N) is 1. The number of aryl methyl sites for hydroxylation is 1. The van der Waals surface area contributed by atoms with Crippen molar-refractivity contribution in [1.82, 2.24) is 24.8 Å². The molecule has 3 aromatic rings. The van der Waals surface area contributed by atoms with Gasteiger partial charge < -0.3 is 19.9 Å². The number of rotatable bonds is 7. The Hall–Kier alpha value is -4.14. The summed E-state index contributed by atoms with van der Waals surface area (Å²) in [7, 11) is 5.28. The molecule has 9 heteroatoms. The highest BCUT2D eigenvalue weighted by Crippen LogP contribution is 2.42. The highest BCUT2D eigenvalue weighted by molar-refractivity contribution is 5.90. The van der Waals surface area contributed by atoms with E-state index >= 15 is 0 Å². The topological polar surface area (TPSA) is 92.6 Å². The summed E-state index contributed by atoms with van der Waals surface area (Å²) in [5.74, 6) is 0.850. The lowest BCUT2D eigenvalue weighted by Gasteiger charge is -2.31. The molecule has 5 rings (SSSR count). The summed E-state index contributed by atoms with van der Waals surface area (Å²) in [6.07, 6.45) is 8.17. The van der Waals surface area contributed by atoms with Gasteiger partial charge in [-0.2, -0.15) is 0 Å². The van der Waals surface area contributed by atoms with Crippen molar-refractivity contribution < 1.29 is 14.3 Å². The number of carbonyl (C=O) groups excluding carboxylic acids is 2. The zero-order valence-corrected chi connectivity index (χ0v) is 22.2. The molecule has 38 heavy (non-hydrogen) atoms. The van der Waals surface area contributed by atoms with Gasteiger partial charge in [0, 0.05) is 62.8 Å². The van der Waals surface area contributed by atoms with E-state index in [2.05, 4.69) is 33.8 Å². The molecule has 1 atom stereocenters. The first-order valence-electron chi connectivity index (χ1n) is 13.0. The fourth-order valence-electron chi connectivity index (χ4n) is 5.32. The van der Waals surface area contributed by atoms with Crippen LogP contribution in [0.15, 0.2) is 55.0 Å². The Morgan fingerprint density at radius 2 is 2.03 bits per heavy atom. The van der Waals surface area contributed by atoms with E-state index in [1.165, 1.54) is 0 Å². The van der Waals surface area contributed by atoms with Gasteiger partial charge in [-0.05, 0) is 54.2 Å². The van der Waals surface area contributed by atoms with Crippen LogP contribution in [0.2, 0.25) is 0 Å². The number of hydrogen-bond donors (Lipinski definition) is 1. The number of carbonyl (C=O) groups is 2.